The van der Waals surface area contributed by atoms with E-state index in [0.29, 0.717) is 56.1 Å². The van der Waals surface area contributed by atoms with Gasteiger partial charge in [0, 0.05) is 45.6 Å². The molecule has 0 saturated carbocycles. The third-order valence-electron chi connectivity index (χ3n) is 7.08. The topological polar surface area (TPSA) is 254 Å². The van der Waals surface area contributed by atoms with E-state index >= 15 is 0 Å². The van der Waals surface area contributed by atoms with Crippen molar-refractivity contribution in [1.82, 2.24) is 30.7 Å². The second-order valence-electron chi connectivity index (χ2n) is 11.0. The number of amides is 5. The number of rotatable bonds is 24. The molecule has 10 N–H and O–H groups in total. The minimum absolute atomic E-state index is 0. The maximum Gasteiger partial charge on any atom is 0.333 e. The molecule has 2 atom stereocenters. The Morgan fingerprint density at radius 2 is 1.57 bits per heavy atom. The third kappa shape index (κ3) is 23.3. The Morgan fingerprint density at radius 3 is 2.14 bits per heavy atom. The summed E-state index contributed by atoms with van der Waals surface area (Å²) in [4.78, 5) is 79.0. The molecule has 0 unspecified atom stereocenters. The van der Waals surface area contributed by atoms with Crippen molar-refractivity contribution < 1.29 is 35.0 Å². The van der Waals surface area contributed by atoms with Gasteiger partial charge in [0.2, 0.25) is 11.8 Å². The minimum atomic E-state index is -0.588. The summed E-state index contributed by atoms with van der Waals surface area (Å²) in [7, 11) is 6.37. The monoisotopic (exact) mass is 777 g/mol. The Balaban J connectivity index is 0. The van der Waals surface area contributed by atoms with E-state index in [9.17, 15) is 28.8 Å². The number of nitrogens with one attached hydrogen (secondary N) is 4. The van der Waals surface area contributed by atoms with E-state index in [1.165, 1.54) is 7.05 Å². The Labute approximate surface area is 316 Å². The van der Waals surface area contributed by atoms with Gasteiger partial charge in [0.25, 0.3) is 17.7 Å². The lowest BCUT2D eigenvalue weighted by atomic mass is 10.1. The molecule has 2 heterocycles. The number of hydroxylamine groups is 2. The molecule has 1 saturated heterocycles. The van der Waals surface area contributed by atoms with Crippen LogP contribution in [-0.4, -0.2) is 97.1 Å². The molecule has 0 radical (unpaired) electrons. The summed E-state index contributed by atoms with van der Waals surface area (Å²) >= 11 is 3.76. The summed E-state index contributed by atoms with van der Waals surface area (Å²) in [5.74, 6) is -1.32. The van der Waals surface area contributed by atoms with Crippen molar-refractivity contribution in [3.63, 3.8) is 0 Å². The summed E-state index contributed by atoms with van der Waals surface area (Å²) in [6.07, 6.45) is 9.12. The van der Waals surface area contributed by atoms with E-state index in [1.807, 2.05) is 18.2 Å². The zero-order chi connectivity index (χ0) is 38.3. The predicted octanol–water partition coefficient (Wildman–Crippen LogP) is 1.59. The van der Waals surface area contributed by atoms with Crippen molar-refractivity contribution in [2.75, 3.05) is 39.5 Å². The van der Waals surface area contributed by atoms with Gasteiger partial charge in [-0.1, -0.05) is 42.5 Å². The molecule has 1 aromatic rings. The van der Waals surface area contributed by atoms with Gasteiger partial charge in [-0.15, -0.1) is 5.06 Å². The van der Waals surface area contributed by atoms with E-state index < -0.39 is 23.8 Å². The molecule has 51 heavy (non-hydrogen) atoms. The van der Waals surface area contributed by atoms with Gasteiger partial charge < -0.3 is 42.7 Å². The Morgan fingerprint density at radius 1 is 0.922 bits per heavy atom. The average molecular weight is 778 g/mol. The number of carbonyl (C=O) groups excluding carboxylic acids is 6. The molecular weight excluding hydrogens is 719 g/mol. The number of hydrogen-bond donors (Lipinski definition) is 8. The van der Waals surface area contributed by atoms with Crippen molar-refractivity contribution in [1.29, 1.82) is 0 Å². The highest BCUT2D eigenvalue weighted by atomic mass is 33.1. The fraction of sp³-hybridized carbons (Fsp3) is 0.656. The molecule has 19 heteroatoms. The van der Waals surface area contributed by atoms with Gasteiger partial charge in [-0.2, -0.15) is 0 Å². The molecule has 0 aromatic carbocycles. The van der Waals surface area contributed by atoms with Gasteiger partial charge in [-0.3, -0.25) is 24.0 Å². The van der Waals surface area contributed by atoms with Crippen LogP contribution in [0.25, 0.3) is 0 Å². The first-order valence-electron chi connectivity index (χ1n) is 17.1. The minimum Gasteiger partial charge on any atom is -0.356 e. The number of thiol groups is 1. The molecule has 2 rings (SSSR count). The third-order valence-corrected chi connectivity index (χ3v) is 9.56. The van der Waals surface area contributed by atoms with Gasteiger partial charge in [0.1, 0.15) is 11.1 Å². The number of aromatic nitrogens is 1. The van der Waals surface area contributed by atoms with Gasteiger partial charge in [-0.25, -0.2) is 9.78 Å². The number of carbonyl (C=O) groups is 6. The second kappa shape index (κ2) is 31.8. The SMILES string of the molecule is CN.CN[C@@H](CCCCN)C(=O)N[C@H](CCCCN)C(=O)NS.O=C(CCSSc1ccccn1)NCCCCCC(=O)ON1C(=O)CCC1=O.[HH]. The standard InChI is InChI=1S/C18H23N3O5S2.C13H29N5O2S.CH5N.H2/c22-14(10-13-27-28-15-6-3-5-12-20-15)19-11-4-1-2-7-18(25)26-21-16(23)8-9-17(21)24;1-16-10(6-2-4-8-14)12(19)17-11(13(20)18-21)7-3-5-9-15;1-2;/h3,5-6,12H,1-2,4,7-11,13H2,(H,19,22);10-11,16,21H,2-9,14-15H2,1H3,(H,17,19)(H,18,20);2H2,1H3;1H/t;10-,11+;;/m.0../s1. The first-order chi connectivity index (χ1) is 24.7. The van der Waals surface area contributed by atoms with E-state index in [4.69, 9.17) is 16.3 Å². The maximum atomic E-state index is 12.2. The largest absolute Gasteiger partial charge is 0.356 e. The lowest BCUT2D eigenvalue weighted by Gasteiger charge is -2.21. The summed E-state index contributed by atoms with van der Waals surface area (Å²) in [5, 5.41) is 10.1. The highest BCUT2D eigenvalue weighted by molar-refractivity contribution is 8.76. The first-order valence-corrected chi connectivity index (χ1v) is 19.9. The van der Waals surface area contributed by atoms with Crippen LogP contribution in [0.2, 0.25) is 0 Å². The summed E-state index contributed by atoms with van der Waals surface area (Å²) in [6, 6.07) is 4.82. The van der Waals surface area contributed by atoms with Gasteiger partial charge >= 0.3 is 5.97 Å². The maximum absolute atomic E-state index is 12.2. The zero-order valence-electron chi connectivity index (χ0n) is 29.7. The molecule has 1 fully saturated rings. The molecule has 1 aliphatic rings. The summed E-state index contributed by atoms with van der Waals surface area (Å²) in [6.45, 7) is 1.73. The predicted molar refractivity (Wildman–Crippen MR) is 206 cm³/mol. The summed E-state index contributed by atoms with van der Waals surface area (Å²) in [5.41, 5.74) is 15.4. The van der Waals surface area contributed by atoms with Crippen LogP contribution in [0.15, 0.2) is 29.4 Å². The molecule has 5 amide bonds. The molecule has 0 aliphatic carbocycles. The van der Waals surface area contributed by atoms with Crippen molar-refractivity contribution in [2.24, 2.45) is 17.2 Å². The van der Waals surface area contributed by atoms with E-state index in [-0.39, 0.29) is 44.5 Å². The lowest BCUT2D eigenvalue weighted by molar-refractivity contribution is -0.197. The highest BCUT2D eigenvalue weighted by Gasteiger charge is 2.32. The molecule has 0 bridgehead atoms. The zero-order valence-corrected chi connectivity index (χ0v) is 32.3. The fourth-order valence-electron chi connectivity index (χ4n) is 4.34. The van der Waals surface area contributed by atoms with Crippen LogP contribution in [0.5, 0.6) is 0 Å². The highest BCUT2D eigenvalue weighted by Crippen LogP contribution is 2.29. The van der Waals surface area contributed by atoms with Crippen LogP contribution in [0, 0.1) is 0 Å². The van der Waals surface area contributed by atoms with Crippen LogP contribution in [-0.2, 0) is 33.6 Å². The molecule has 16 nitrogen and oxygen atoms in total. The molecule has 1 aliphatic heterocycles. The Hall–Kier alpha value is -2.94. The number of hydrogen-bond acceptors (Lipinski definition) is 15. The molecular formula is C32H59N9O7S3. The normalized spacial score (nSPS) is 13.2. The van der Waals surface area contributed by atoms with Crippen LogP contribution in [0.3, 0.4) is 0 Å². The van der Waals surface area contributed by atoms with E-state index in [0.717, 1.165) is 43.6 Å². The number of imide groups is 1. The number of nitrogens with zero attached hydrogens (tertiary/aromatic N) is 2. The quantitative estimate of drug-likeness (QED) is 0.0321. The number of likely N-dealkylation sites (N-methyl/N-ethyl adjacent to an activating group) is 1. The Kier molecular flexibility index (Phi) is 29.9. The smallest absolute Gasteiger partial charge is 0.333 e. The van der Waals surface area contributed by atoms with Crippen LogP contribution >= 0.6 is 34.4 Å². The number of pyridine rings is 1. The van der Waals surface area contributed by atoms with E-state index in [2.05, 4.69) is 44.2 Å². The van der Waals surface area contributed by atoms with Gasteiger partial charge in [-0.05, 0) is 95.1 Å². The molecule has 1 aromatic heterocycles. The van der Waals surface area contributed by atoms with Crippen molar-refractivity contribution in [3.05, 3.63) is 24.4 Å². The first kappa shape index (κ1) is 48.1. The number of unbranched alkanes of at least 4 members (excludes halogenated alkanes) is 4. The summed E-state index contributed by atoms with van der Waals surface area (Å²) < 4.78 is 2.28. The van der Waals surface area contributed by atoms with Crippen LogP contribution in [0.1, 0.15) is 84.9 Å². The Bertz CT molecular complexity index is 1150. The number of nitrogens with two attached hydrogens (primary N) is 3. The molecule has 292 valence electrons. The lowest BCUT2D eigenvalue weighted by Crippen LogP contribution is -2.51. The van der Waals surface area contributed by atoms with E-state index in [1.54, 1.807) is 34.8 Å². The van der Waals surface area contributed by atoms with Crippen molar-refractivity contribution >= 4 is 69.9 Å². The van der Waals surface area contributed by atoms with Crippen molar-refractivity contribution in [3.8, 4) is 0 Å². The fourth-order valence-corrected chi connectivity index (χ4v) is 6.36. The van der Waals surface area contributed by atoms with Crippen LogP contribution < -0.4 is 37.9 Å². The van der Waals surface area contributed by atoms with Crippen LogP contribution in [0.4, 0.5) is 0 Å². The average Bonchev–Trinajstić information content (AvgIpc) is 3.46. The van der Waals surface area contributed by atoms with Crippen molar-refractivity contribution in [2.45, 2.75) is 101 Å². The van der Waals surface area contributed by atoms with Gasteiger partial charge in [0.15, 0.2) is 0 Å². The molecule has 0 spiro atoms. The van der Waals surface area contributed by atoms with Gasteiger partial charge in [0.05, 0.1) is 6.04 Å². The second-order valence-corrected chi connectivity index (χ2v) is 13.6.